The number of hydrogen-bond donors (Lipinski definition) is 0. The summed E-state index contributed by atoms with van der Waals surface area (Å²) in [6, 6.07) is 0. The predicted octanol–water partition coefficient (Wildman–Crippen LogP) is 7.73. The zero-order valence-electron chi connectivity index (χ0n) is 24.6. The van der Waals surface area contributed by atoms with Gasteiger partial charge in [-0.15, -0.1) is 11.6 Å². The van der Waals surface area contributed by atoms with Gasteiger partial charge in [-0.05, 0) is 82.5 Å². The molecule has 0 spiro atoms. The Kier molecular flexibility index (Phi) is 15.5. The molecule has 1 aliphatic carbocycles. The summed E-state index contributed by atoms with van der Waals surface area (Å²) in [5.41, 5.74) is 0. The van der Waals surface area contributed by atoms with Crippen LogP contribution in [0.3, 0.4) is 0 Å². The van der Waals surface area contributed by atoms with E-state index < -0.39 is 0 Å². The Morgan fingerprint density at radius 3 is 2.46 bits per heavy atom. The van der Waals surface area contributed by atoms with Crippen LogP contribution in [0, 0.1) is 17.8 Å². The van der Waals surface area contributed by atoms with Crippen molar-refractivity contribution in [3.8, 4) is 0 Å². The quantitative estimate of drug-likeness (QED) is 0.0624. The van der Waals surface area contributed by atoms with Crippen molar-refractivity contribution in [2.75, 3.05) is 20.3 Å². The Labute approximate surface area is 242 Å². The molecule has 3 rings (SSSR count). The van der Waals surface area contributed by atoms with Gasteiger partial charge in [0.05, 0.1) is 19.3 Å². The van der Waals surface area contributed by atoms with Crippen molar-refractivity contribution in [3.05, 3.63) is 24.3 Å². The van der Waals surface area contributed by atoms with Crippen molar-refractivity contribution in [1.82, 2.24) is 0 Å². The van der Waals surface area contributed by atoms with Crippen LogP contribution in [0.4, 0.5) is 0 Å². The lowest BCUT2D eigenvalue weighted by molar-refractivity contribution is -0.193. The summed E-state index contributed by atoms with van der Waals surface area (Å²) in [6.45, 7) is 6.11. The van der Waals surface area contributed by atoms with Crippen LogP contribution in [-0.4, -0.2) is 56.5 Å². The SMILES string of the molecule is CCCCC(C)[C@@H](/C=C/[C@@H]1[C@@H](CCCC/C=C/C(=O)OC)[C@H](Cl)C[C@H]1OC1CCCCO1)OC1CCCCO1. The summed E-state index contributed by atoms with van der Waals surface area (Å²) in [7, 11) is 1.40. The second-order valence-electron chi connectivity index (χ2n) is 11.6. The molecule has 0 N–H and O–H groups in total. The summed E-state index contributed by atoms with van der Waals surface area (Å²) < 4.78 is 29.7. The number of carbonyl (C=O) groups excluding carboxylic acids is 1. The average molecular weight is 569 g/mol. The molecule has 2 saturated heterocycles. The van der Waals surface area contributed by atoms with E-state index in [1.54, 1.807) is 0 Å². The lowest BCUT2D eigenvalue weighted by Gasteiger charge is -2.31. The van der Waals surface area contributed by atoms with Gasteiger partial charge >= 0.3 is 5.97 Å². The van der Waals surface area contributed by atoms with E-state index >= 15 is 0 Å². The highest BCUT2D eigenvalue weighted by molar-refractivity contribution is 6.21. The van der Waals surface area contributed by atoms with Crippen LogP contribution in [0.2, 0.25) is 0 Å². The first-order chi connectivity index (χ1) is 19.0. The van der Waals surface area contributed by atoms with Gasteiger partial charge in [-0.3, -0.25) is 0 Å². The van der Waals surface area contributed by atoms with Crippen molar-refractivity contribution in [2.45, 2.75) is 134 Å². The maximum Gasteiger partial charge on any atom is 0.330 e. The topological polar surface area (TPSA) is 63.2 Å². The fourth-order valence-electron chi connectivity index (χ4n) is 6.05. The molecular formula is C32H53ClO6. The van der Waals surface area contributed by atoms with Crippen LogP contribution in [0.15, 0.2) is 24.3 Å². The van der Waals surface area contributed by atoms with Gasteiger partial charge in [-0.1, -0.05) is 51.3 Å². The zero-order chi connectivity index (χ0) is 27.9. The number of esters is 1. The van der Waals surface area contributed by atoms with Crippen LogP contribution in [0.1, 0.15) is 104 Å². The monoisotopic (exact) mass is 568 g/mol. The smallest absolute Gasteiger partial charge is 0.330 e. The third-order valence-corrected chi connectivity index (χ3v) is 8.97. The second-order valence-corrected chi connectivity index (χ2v) is 12.1. The van der Waals surface area contributed by atoms with Crippen LogP contribution >= 0.6 is 11.6 Å². The fraction of sp³-hybridized carbons (Fsp3) is 0.844. The normalized spacial score (nSPS) is 31.6. The van der Waals surface area contributed by atoms with Crippen molar-refractivity contribution >= 4 is 17.6 Å². The first-order valence-electron chi connectivity index (χ1n) is 15.6. The summed E-state index contributed by atoms with van der Waals surface area (Å²) in [4.78, 5) is 11.3. The standard InChI is InChI=1S/C32H53ClO6/c1-4-5-14-24(2)28(38-31-17-10-12-21-36-31)20-19-26-25(15-8-6-7-9-16-30(34)35-3)27(33)23-29(26)39-32-18-11-13-22-37-32/h9,16,19-20,24-29,31-32H,4-8,10-15,17-18,21-23H2,1-3H3/b16-9+,20-19+/t24?,25-,26-,27-,28-,29-,31?,32?/m1/s1. The number of hydrogen-bond acceptors (Lipinski definition) is 6. The molecule has 8 atom stereocenters. The molecule has 0 aromatic heterocycles. The van der Waals surface area contributed by atoms with E-state index in [9.17, 15) is 4.79 Å². The average Bonchev–Trinajstić information content (AvgIpc) is 3.25. The second kappa shape index (κ2) is 18.5. The minimum atomic E-state index is -0.301. The Bertz CT molecular complexity index is 730. The number of halogens is 1. The Morgan fingerprint density at radius 2 is 1.79 bits per heavy atom. The molecule has 0 amide bonds. The highest BCUT2D eigenvalue weighted by atomic mass is 35.5. The number of alkyl halides is 1. The summed E-state index contributed by atoms with van der Waals surface area (Å²) in [6.07, 6.45) is 22.7. The van der Waals surface area contributed by atoms with Crippen molar-refractivity contribution < 1.29 is 28.5 Å². The lowest BCUT2D eigenvalue weighted by atomic mass is 9.88. The molecule has 2 aliphatic heterocycles. The number of carbonyl (C=O) groups is 1. The Balaban J connectivity index is 1.68. The van der Waals surface area contributed by atoms with Gasteiger partial charge in [-0.2, -0.15) is 0 Å². The summed E-state index contributed by atoms with van der Waals surface area (Å²) in [5, 5.41) is 0.0670. The minimum absolute atomic E-state index is 0.0183. The number of methoxy groups -OCH3 is 1. The van der Waals surface area contributed by atoms with Gasteiger partial charge in [0, 0.05) is 30.6 Å². The van der Waals surface area contributed by atoms with Crippen LogP contribution < -0.4 is 0 Å². The Morgan fingerprint density at radius 1 is 1.05 bits per heavy atom. The van der Waals surface area contributed by atoms with E-state index in [0.717, 1.165) is 90.3 Å². The maximum atomic E-state index is 11.3. The van der Waals surface area contributed by atoms with Crippen LogP contribution in [0.5, 0.6) is 0 Å². The number of ether oxygens (including phenoxy) is 5. The molecule has 0 aromatic rings. The molecule has 3 aliphatic rings. The molecule has 0 bridgehead atoms. The molecule has 7 heteroatoms. The van der Waals surface area contributed by atoms with E-state index in [1.807, 2.05) is 6.08 Å². The van der Waals surface area contributed by atoms with Crippen LogP contribution in [0.25, 0.3) is 0 Å². The molecule has 6 nitrogen and oxygen atoms in total. The van der Waals surface area contributed by atoms with Crippen LogP contribution in [-0.2, 0) is 28.5 Å². The van der Waals surface area contributed by atoms with Gasteiger partial charge in [0.1, 0.15) is 0 Å². The predicted molar refractivity (Wildman–Crippen MR) is 156 cm³/mol. The zero-order valence-corrected chi connectivity index (χ0v) is 25.3. The van der Waals surface area contributed by atoms with Crippen molar-refractivity contribution in [3.63, 3.8) is 0 Å². The van der Waals surface area contributed by atoms with E-state index in [1.165, 1.54) is 26.0 Å². The molecule has 3 unspecified atom stereocenters. The first kappa shape index (κ1) is 32.6. The lowest BCUT2D eigenvalue weighted by Crippen LogP contribution is -2.32. The molecule has 2 heterocycles. The minimum Gasteiger partial charge on any atom is -0.466 e. The number of unbranched alkanes of at least 4 members (excludes halogenated alkanes) is 3. The van der Waals surface area contributed by atoms with E-state index in [2.05, 4.69) is 30.7 Å². The van der Waals surface area contributed by atoms with E-state index in [0.29, 0.717) is 11.8 Å². The van der Waals surface area contributed by atoms with Gasteiger partial charge < -0.3 is 23.7 Å². The van der Waals surface area contributed by atoms with Crippen molar-refractivity contribution in [1.29, 1.82) is 0 Å². The summed E-state index contributed by atoms with van der Waals surface area (Å²) >= 11 is 7.01. The fourth-order valence-corrected chi connectivity index (χ4v) is 6.52. The third kappa shape index (κ3) is 11.5. The molecule has 0 radical (unpaired) electrons. The molecular weight excluding hydrogens is 516 g/mol. The van der Waals surface area contributed by atoms with E-state index in [4.69, 9.17) is 30.5 Å². The molecule has 3 fully saturated rings. The van der Waals surface area contributed by atoms with Crippen molar-refractivity contribution in [2.24, 2.45) is 17.8 Å². The highest BCUT2D eigenvalue weighted by Crippen LogP contribution is 2.43. The number of allylic oxidation sites excluding steroid dienone is 1. The Hall–Kier alpha value is -0.920. The molecule has 1 saturated carbocycles. The maximum absolute atomic E-state index is 11.3. The van der Waals surface area contributed by atoms with Gasteiger partial charge in [0.15, 0.2) is 12.6 Å². The summed E-state index contributed by atoms with van der Waals surface area (Å²) in [5.74, 6) is 0.672. The van der Waals surface area contributed by atoms with Gasteiger partial charge in [-0.25, -0.2) is 4.79 Å². The highest BCUT2D eigenvalue weighted by Gasteiger charge is 2.42. The van der Waals surface area contributed by atoms with E-state index in [-0.39, 0.29) is 42.1 Å². The third-order valence-electron chi connectivity index (χ3n) is 8.47. The molecule has 39 heavy (non-hydrogen) atoms. The molecule has 224 valence electrons. The molecule has 0 aromatic carbocycles. The largest absolute Gasteiger partial charge is 0.466 e. The first-order valence-corrected chi connectivity index (χ1v) is 16.1. The van der Waals surface area contributed by atoms with Gasteiger partial charge in [0.25, 0.3) is 0 Å². The van der Waals surface area contributed by atoms with Gasteiger partial charge in [0.2, 0.25) is 0 Å². The number of rotatable bonds is 16.